The molecule has 0 radical (unpaired) electrons. The Bertz CT molecular complexity index is 522. The first-order valence-corrected chi connectivity index (χ1v) is 6.96. The average Bonchev–Trinajstić information content (AvgIpc) is 2.37. The maximum absolute atomic E-state index is 13.2. The highest BCUT2D eigenvalue weighted by Crippen LogP contribution is 2.21. The van der Waals surface area contributed by atoms with Gasteiger partial charge in [-0.15, -0.1) is 0 Å². The van der Waals surface area contributed by atoms with E-state index >= 15 is 0 Å². The van der Waals surface area contributed by atoms with Crippen molar-refractivity contribution in [2.75, 3.05) is 6.54 Å². The molecule has 1 N–H and O–H groups in total. The number of rotatable bonds is 6. The zero-order valence-electron chi connectivity index (χ0n) is 12.7. The molecule has 0 aliphatic rings. The van der Waals surface area contributed by atoms with E-state index in [2.05, 4.69) is 33.0 Å². The first kappa shape index (κ1) is 17.1. The van der Waals surface area contributed by atoms with Crippen molar-refractivity contribution >= 4 is 11.6 Å². The van der Waals surface area contributed by atoms with Gasteiger partial charge in [0.1, 0.15) is 0 Å². The lowest BCUT2D eigenvalue weighted by Crippen LogP contribution is -2.34. The zero-order chi connectivity index (χ0) is 16.2. The third-order valence-corrected chi connectivity index (χ3v) is 3.62. The quantitative estimate of drug-likeness (QED) is 0.646. The van der Waals surface area contributed by atoms with E-state index in [1.165, 1.54) is 6.07 Å². The van der Waals surface area contributed by atoms with Gasteiger partial charge in [-0.25, -0.2) is 0 Å². The highest BCUT2D eigenvalue weighted by atomic mass is 19.1. The minimum atomic E-state index is -0.946. The molecular formula is C15H21FN2O3. The van der Waals surface area contributed by atoms with Crippen molar-refractivity contribution in [3.63, 3.8) is 0 Å². The van der Waals surface area contributed by atoms with Gasteiger partial charge in [-0.1, -0.05) is 27.7 Å². The molecule has 0 fully saturated rings. The Kier molecular flexibility index (Phi) is 5.81. The second-order valence-corrected chi connectivity index (χ2v) is 5.79. The van der Waals surface area contributed by atoms with Gasteiger partial charge < -0.3 is 5.32 Å². The Morgan fingerprint density at radius 3 is 2.33 bits per heavy atom. The fourth-order valence-corrected chi connectivity index (χ4v) is 2.35. The van der Waals surface area contributed by atoms with Gasteiger partial charge in [-0.2, -0.15) is 4.39 Å². The lowest BCUT2D eigenvalue weighted by Gasteiger charge is -2.25. The number of nitro benzene ring substituents is 1. The molecule has 1 rings (SSSR count). The van der Waals surface area contributed by atoms with Crippen LogP contribution in [-0.4, -0.2) is 17.4 Å². The van der Waals surface area contributed by atoms with Crippen molar-refractivity contribution in [1.82, 2.24) is 5.32 Å². The monoisotopic (exact) mass is 296 g/mol. The van der Waals surface area contributed by atoms with Crippen LogP contribution in [0.15, 0.2) is 18.2 Å². The largest absolute Gasteiger partial charge is 0.352 e. The fourth-order valence-electron chi connectivity index (χ4n) is 2.35. The summed E-state index contributed by atoms with van der Waals surface area (Å²) in [6, 6.07) is 3.15. The number of nitrogens with zero attached hydrogens (tertiary/aromatic N) is 1. The lowest BCUT2D eigenvalue weighted by atomic mass is 9.85. The topological polar surface area (TPSA) is 72.2 Å². The molecule has 21 heavy (non-hydrogen) atoms. The molecular weight excluding hydrogens is 275 g/mol. The Hall–Kier alpha value is -1.98. The van der Waals surface area contributed by atoms with Crippen LogP contribution in [0.4, 0.5) is 10.1 Å². The summed E-state index contributed by atoms with van der Waals surface area (Å²) < 4.78 is 13.2. The number of benzene rings is 1. The van der Waals surface area contributed by atoms with Crippen LogP contribution in [0.3, 0.4) is 0 Å². The first-order valence-electron chi connectivity index (χ1n) is 6.96. The average molecular weight is 296 g/mol. The minimum Gasteiger partial charge on any atom is -0.352 e. The van der Waals surface area contributed by atoms with E-state index in [1.54, 1.807) is 0 Å². The van der Waals surface area contributed by atoms with Crippen molar-refractivity contribution in [3.05, 3.63) is 39.7 Å². The molecule has 0 saturated carbocycles. The van der Waals surface area contributed by atoms with E-state index in [9.17, 15) is 19.3 Å². The fraction of sp³-hybridized carbons (Fsp3) is 0.533. The smallest absolute Gasteiger partial charge is 0.305 e. The number of hydrogen-bond donors (Lipinski definition) is 1. The molecule has 116 valence electrons. The molecule has 0 aliphatic heterocycles. The van der Waals surface area contributed by atoms with Gasteiger partial charge in [0.2, 0.25) is 5.82 Å². The molecule has 1 aromatic carbocycles. The van der Waals surface area contributed by atoms with E-state index < -0.39 is 22.3 Å². The van der Waals surface area contributed by atoms with Crippen molar-refractivity contribution in [2.45, 2.75) is 27.7 Å². The molecule has 6 heteroatoms. The maximum Gasteiger partial charge on any atom is 0.305 e. The summed E-state index contributed by atoms with van der Waals surface area (Å²) in [5.74, 6) is -0.242. The van der Waals surface area contributed by atoms with E-state index in [0.29, 0.717) is 24.3 Å². The van der Waals surface area contributed by atoms with E-state index in [0.717, 1.165) is 12.1 Å². The molecule has 0 heterocycles. The van der Waals surface area contributed by atoms with Gasteiger partial charge >= 0.3 is 5.69 Å². The Labute approximate surface area is 123 Å². The van der Waals surface area contributed by atoms with E-state index in [-0.39, 0.29) is 5.56 Å². The number of nitrogens with one attached hydrogen (secondary N) is 1. The van der Waals surface area contributed by atoms with Crippen molar-refractivity contribution in [1.29, 1.82) is 0 Å². The molecule has 0 bridgehead atoms. The van der Waals surface area contributed by atoms with Gasteiger partial charge in [0.05, 0.1) is 4.92 Å². The number of halogens is 1. The van der Waals surface area contributed by atoms with Crippen LogP contribution in [0.5, 0.6) is 0 Å². The minimum absolute atomic E-state index is 0.0920. The normalized spacial score (nSPS) is 11.2. The summed E-state index contributed by atoms with van der Waals surface area (Å²) in [6.45, 7) is 8.82. The van der Waals surface area contributed by atoms with Crippen LogP contribution in [0.2, 0.25) is 0 Å². The zero-order valence-corrected chi connectivity index (χ0v) is 12.7. The third-order valence-electron chi connectivity index (χ3n) is 3.62. The summed E-state index contributed by atoms with van der Waals surface area (Å²) in [6.07, 6.45) is 0. The Morgan fingerprint density at radius 2 is 1.86 bits per heavy atom. The second kappa shape index (κ2) is 7.15. The van der Waals surface area contributed by atoms with E-state index in [4.69, 9.17) is 0 Å². The van der Waals surface area contributed by atoms with Gasteiger partial charge in [0.25, 0.3) is 5.91 Å². The number of hydrogen-bond acceptors (Lipinski definition) is 3. The predicted octanol–water partition coefficient (Wildman–Crippen LogP) is 3.39. The van der Waals surface area contributed by atoms with Crippen LogP contribution in [0, 0.1) is 33.7 Å². The first-order chi connectivity index (χ1) is 9.73. The number of nitro groups is 1. The summed E-state index contributed by atoms with van der Waals surface area (Å²) in [7, 11) is 0. The van der Waals surface area contributed by atoms with Crippen LogP contribution in [-0.2, 0) is 0 Å². The molecule has 1 amide bonds. The summed E-state index contributed by atoms with van der Waals surface area (Å²) in [5, 5.41) is 13.4. The van der Waals surface area contributed by atoms with E-state index in [1.807, 2.05) is 0 Å². The van der Waals surface area contributed by atoms with Gasteiger partial charge in [-0.05, 0) is 29.9 Å². The van der Waals surface area contributed by atoms with Crippen LogP contribution in [0.25, 0.3) is 0 Å². The maximum atomic E-state index is 13.2. The second-order valence-electron chi connectivity index (χ2n) is 5.79. The Morgan fingerprint density at radius 1 is 1.29 bits per heavy atom. The number of carbonyl (C=O) groups excluding carboxylic acids is 1. The van der Waals surface area contributed by atoms with Gasteiger partial charge in [-0.3, -0.25) is 14.9 Å². The van der Waals surface area contributed by atoms with Gasteiger partial charge in [0, 0.05) is 18.2 Å². The molecule has 0 aliphatic carbocycles. The SMILES string of the molecule is CC(C)C(CNC(=O)c1ccc(F)c([N+](=O)[O-])c1)C(C)C. The summed E-state index contributed by atoms with van der Waals surface area (Å²) >= 11 is 0. The summed E-state index contributed by atoms with van der Waals surface area (Å²) in [5.41, 5.74) is -0.596. The van der Waals surface area contributed by atoms with Crippen LogP contribution in [0.1, 0.15) is 38.1 Å². The van der Waals surface area contributed by atoms with Crippen LogP contribution < -0.4 is 5.32 Å². The molecule has 0 atom stereocenters. The molecule has 0 unspecified atom stereocenters. The van der Waals surface area contributed by atoms with Crippen molar-refractivity contribution < 1.29 is 14.1 Å². The highest BCUT2D eigenvalue weighted by molar-refractivity contribution is 5.94. The molecule has 0 spiro atoms. The number of carbonyl (C=O) groups is 1. The van der Waals surface area contributed by atoms with Crippen LogP contribution >= 0.6 is 0 Å². The lowest BCUT2D eigenvalue weighted by molar-refractivity contribution is -0.387. The predicted molar refractivity (Wildman–Crippen MR) is 78.6 cm³/mol. The van der Waals surface area contributed by atoms with Crippen molar-refractivity contribution in [3.8, 4) is 0 Å². The highest BCUT2D eigenvalue weighted by Gasteiger charge is 2.20. The summed E-state index contributed by atoms with van der Waals surface area (Å²) in [4.78, 5) is 21.9. The standard InChI is InChI=1S/C15H21FN2O3/c1-9(2)12(10(3)4)8-17-15(19)11-5-6-13(16)14(7-11)18(20)21/h5-7,9-10,12H,8H2,1-4H3,(H,17,19). The van der Waals surface area contributed by atoms with Crippen molar-refractivity contribution in [2.24, 2.45) is 17.8 Å². The molecule has 0 saturated heterocycles. The molecule has 5 nitrogen and oxygen atoms in total. The third kappa shape index (κ3) is 4.51. The van der Waals surface area contributed by atoms with Gasteiger partial charge in [0.15, 0.2) is 0 Å². The molecule has 0 aromatic heterocycles. The Balaban J connectivity index is 2.81. The number of amides is 1. The molecule has 1 aromatic rings.